The molecule has 0 aromatic heterocycles. The van der Waals surface area contributed by atoms with E-state index in [1.54, 1.807) is 31.4 Å². The van der Waals surface area contributed by atoms with Gasteiger partial charge in [0.1, 0.15) is 5.75 Å². The quantitative estimate of drug-likeness (QED) is 0.476. The first kappa shape index (κ1) is 16.7. The minimum absolute atomic E-state index is 0.413. The molecular formula is C17H17ClN2O3. The number of hydrogen-bond acceptors (Lipinski definition) is 5. The van der Waals surface area contributed by atoms with Crippen molar-refractivity contribution in [2.75, 3.05) is 25.1 Å². The van der Waals surface area contributed by atoms with Crippen molar-refractivity contribution in [3.05, 3.63) is 59.1 Å². The van der Waals surface area contributed by atoms with Crippen LogP contribution in [0.4, 0.5) is 11.4 Å². The molecular weight excluding hydrogens is 316 g/mol. The lowest BCUT2D eigenvalue weighted by molar-refractivity contribution is -0.134. The second kappa shape index (κ2) is 8.10. The van der Waals surface area contributed by atoms with E-state index in [2.05, 4.69) is 15.6 Å². The van der Waals surface area contributed by atoms with Gasteiger partial charge >= 0.3 is 5.97 Å². The molecule has 0 amide bonds. The summed E-state index contributed by atoms with van der Waals surface area (Å²) in [5.41, 5.74) is 8.45. The predicted octanol–water partition coefficient (Wildman–Crippen LogP) is 3.97. The van der Waals surface area contributed by atoms with E-state index in [-0.39, 0.29) is 0 Å². The number of carbonyl (C=O) groups is 1. The second-order valence-electron chi connectivity index (χ2n) is 4.54. The highest BCUT2D eigenvalue weighted by Crippen LogP contribution is 2.28. The van der Waals surface area contributed by atoms with Crippen molar-refractivity contribution in [1.82, 2.24) is 0 Å². The average molecular weight is 333 g/mol. The Balaban J connectivity index is 2.17. The number of carbonyl (C=O) groups excluding carboxylic acids is 1. The van der Waals surface area contributed by atoms with Crippen LogP contribution in [0.25, 0.3) is 6.08 Å². The first-order valence-corrected chi connectivity index (χ1v) is 7.22. The molecule has 23 heavy (non-hydrogen) atoms. The van der Waals surface area contributed by atoms with E-state index in [0.29, 0.717) is 16.5 Å². The van der Waals surface area contributed by atoms with Crippen LogP contribution in [-0.4, -0.2) is 20.2 Å². The fourth-order valence-corrected chi connectivity index (χ4v) is 2.07. The molecule has 0 atom stereocenters. The largest absolute Gasteiger partial charge is 0.495 e. The zero-order chi connectivity index (χ0) is 16.7. The van der Waals surface area contributed by atoms with Crippen molar-refractivity contribution in [2.45, 2.75) is 0 Å². The van der Waals surface area contributed by atoms with Crippen LogP contribution in [0.3, 0.4) is 0 Å². The van der Waals surface area contributed by atoms with Crippen molar-refractivity contribution in [3.8, 4) is 5.75 Å². The number of benzene rings is 2. The number of hydrogen-bond donors (Lipinski definition) is 2. The lowest BCUT2D eigenvalue weighted by atomic mass is 10.1. The second-order valence-corrected chi connectivity index (χ2v) is 4.97. The van der Waals surface area contributed by atoms with Crippen LogP contribution < -0.4 is 15.6 Å². The molecule has 0 aliphatic heterocycles. The standard InChI is InChI=1S/C17H17ClN2O3/c1-22-16-9-8-13(18)11-15(16)20-19-14-6-4-3-5-12(14)7-10-17(21)23-2/h3-11,19-20H,1-2H3. The van der Waals surface area contributed by atoms with Crippen LogP contribution in [0, 0.1) is 0 Å². The van der Waals surface area contributed by atoms with Gasteiger partial charge < -0.3 is 14.9 Å². The van der Waals surface area contributed by atoms with Crippen LogP contribution in [0.15, 0.2) is 48.5 Å². The van der Waals surface area contributed by atoms with Crippen molar-refractivity contribution < 1.29 is 14.3 Å². The maximum absolute atomic E-state index is 11.2. The van der Waals surface area contributed by atoms with Gasteiger partial charge in [0.25, 0.3) is 0 Å². The first-order valence-electron chi connectivity index (χ1n) is 6.84. The van der Waals surface area contributed by atoms with Gasteiger partial charge in [-0.05, 0) is 35.9 Å². The zero-order valence-corrected chi connectivity index (χ0v) is 13.6. The molecule has 0 bridgehead atoms. The average Bonchev–Trinajstić information content (AvgIpc) is 2.58. The summed E-state index contributed by atoms with van der Waals surface area (Å²) >= 11 is 6.00. The van der Waals surface area contributed by atoms with Gasteiger partial charge in [-0.1, -0.05) is 29.8 Å². The van der Waals surface area contributed by atoms with Crippen LogP contribution in [0.2, 0.25) is 5.02 Å². The Morgan fingerprint density at radius 2 is 1.83 bits per heavy atom. The summed E-state index contributed by atoms with van der Waals surface area (Å²) < 4.78 is 9.87. The maximum Gasteiger partial charge on any atom is 0.330 e. The molecule has 2 aromatic carbocycles. The van der Waals surface area contributed by atoms with Crippen molar-refractivity contribution >= 4 is 35.0 Å². The van der Waals surface area contributed by atoms with E-state index < -0.39 is 5.97 Å². The van der Waals surface area contributed by atoms with Crippen LogP contribution >= 0.6 is 11.6 Å². The van der Waals surface area contributed by atoms with E-state index in [0.717, 1.165) is 11.3 Å². The van der Waals surface area contributed by atoms with Gasteiger partial charge in [0.2, 0.25) is 0 Å². The summed E-state index contributed by atoms with van der Waals surface area (Å²) in [4.78, 5) is 11.2. The van der Waals surface area contributed by atoms with Crippen LogP contribution in [0.5, 0.6) is 5.75 Å². The molecule has 0 aliphatic rings. The maximum atomic E-state index is 11.2. The van der Waals surface area contributed by atoms with Gasteiger partial charge in [-0.15, -0.1) is 0 Å². The van der Waals surface area contributed by atoms with Gasteiger partial charge in [-0.2, -0.15) is 0 Å². The van der Waals surface area contributed by atoms with Gasteiger partial charge in [-0.3, -0.25) is 5.43 Å². The topological polar surface area (TPSA) is 59.6 Å². The third kappa shape index (κ3) is 4.66. The van der Waals surface area contributed by atoms with E-state index in [1.165, 1.54) is 13.2 Å². The number of para-hydroxylation sites is 1. The molecule has 2 aromatic rings. The fraction of sp³-hybridized carbons (Fsp3) is 0.118. The van der Waals surface area contributed by atoms with Gasteiger partial charge in [-0.25, -0.2) is 4.79 Å². The number of methoxy groups -OCH3 is 2. The van der Waals surface area contributed by atoms with Gasteiger partial charge in [0.05, 0.1) is 25.6 Å². The summed E-state index contributed by atoms with van der Waals surface area (Å²) in [6.07, 6.45) is 3.03. The number of hydrazine groups is 1. The molecule has 0 unspecified atom stereocenters. The minimum atomic E-state index is -0.413. The third-order valence-electron chi connectivity index (χ3n) is 3.05. The molecule has 2 N–H and O–H groups in total. The Hall–Kier alpha value is -2.66. The number of halogens is 1. The molecule has 120 valence electrons. The molecule has 0 radical (unpaired) electrons. The summed E-state index contributed by atoms with van der Waals surface area (Å²) in [5, 5.41) is 0.592. The SMILES string of the molecule is COC(=O)C=Cc1ccccc1NNc1cc(Cl)ccc1OC. The lowest BCUT2D eigenvalue weighted by Crippen LogP contribution is -2.10. The van der Waals surface area contributed by atoms with E-state index >= 15 is 0 Å². The fourth-order valence-electron chi connectivity index (χ4n) is 1.89. The van der Waals surface area contributed by atoms with Crippen molar-refractivity contribution in [2.24, 2.45) is 0 Å². The molecule has 0 aliphatic carbocycles. The Kier molecular flexibility index (Phi) is 5.88. The molecule has 0 spiro atoms. The molecule has 0 saturated carbocycles. The molecule has 0 saturated heterocycles. The van der Waals surface area contributed by atoms with Crippen LogP contribution in [0.1, 0.15) is 5.56 Å². The summed E-state index contributed by atoms with van der Waals surface area (Å²) in [5.74, 6) is 0.244. The third-order valence-corrected chi connectivity index (χ3v) is 3.29. The monoisotopic (exact) mass is 332 g/mol. The number of nitrogens with one attached hydrogen (secondary N) is 2. The molecule has 5 nitrogen and oxygen atoms in total. The number of esters is 1. The van der Waals surface area contributed by atoms with Crippen molar-refractivity contribution in [3.63, 3.8) is 0 Å². The smallest absolute Gasteiger partial charge is 0.330 e. The van der Waals surface area contributed by atoms with Gasteiger partial charge in [0.15, 0.2) is 0 Å². The van der Waals surface area contributed by atoms with Crippen LogP contribution in [-0.2, 0) is 9.53 Å². The van der Waals surface area contributed by atoms with E-state index in [1.807, 2.05) is 24.3 Å². The van der Waals surface area contributed by atoms with Gasteiger partial charge in [0, 0.05) is 11.1 Å². The molecule has 0 heterocycles. The highest BCUT2D eigenvalue weighted by atomic mass is 35.5. The van der Waals surface area contributed by atoms with Crippen molar-refractivity contribution in [1.29, 1.82) is 0 Å². The minimum Gasteiger partial charge on any atom is -0.495 e. The highest BCUT2D eigenvalue weighted by molar-refractivity contribution is 6.30. The Bertz CT molecular complexity index is 717. The Morgan fingerprint density at radius 3 is 2.57 bits per heavy atom. The summed E-state index contributed by atoms with van der Waals surface area (Å²) in [6, 6.07) is 12.8. The lowest BCUT2D eigenvalue weighted by Gasteiger charge is -2.15. The number of anilines is 2. The zero-order valence-electron chi connectivity index (χ0n) is 12.8. The normalized spacial score (nSPS) is 10.4. The number of ether oxygens (including phenoxy) is 2. The first-order chi connectivity index (χ1) is 11.1. The van der Waals surface area contributed by atoms with E-state index in [9.17, 15) is 4.79 Å². The predicted molar refractivity (Wildman–Crippen MR) is 92.7 cm³/mol. The Morgan fingerprint density at radius 1 is 1.09 bits per heavy atom. The summed E-state index contributed by atoms with van der Waals surface area (Å²) in [6.45, 7) is 0. The molecule has 2 rings (SSSR count). The summed E-state index contributed by atoms with van der Waals surface area (Å²) in [7, 11) is 2.92. The highest BCUT2D eigenvalue weighted by Gasteiger charge is 2.05. The Labute approximate surface area is 139 Å². The van der Waals surface area contributed by atoms with E-state index in [4.69, 9.17) is 16.3 Å². The molecule has 6 heteroatoms. The number of rotatable bonds is 6. The molecule has 0 fully saturated rings.